The van der Waals surface area contributed by atoms with E-state index in [4.69, 9.17) is 23.7 Å². The summed E-state index contributed by atoms with van der Waals surface area (Å²) in [4.78, 5) is 12.3. The molecule has 2 aromatic carbocycles. The Labute approximate surface area is 154 Å². The van der Waals surface area contributed by atoms with Crippen LogP contribution in [0.2, 0.25) is 0 Å². The smallest absolute Gasteiger partial charge is 0.338 e. The van der Waals surface area contributed by atoms with Crippen molar-refractivity contribution >= 4 is 21.9 Å². The standard InChI is InChI=1S/C18H19BrO6/c1-21-14-6-10(12(18(20)25-5)8-16(14)23-3)11-7-15(22-2)17(24-4)9-13(11)19/h6-9H,1-5H3. The summed E-state index contributed by atoms with van der Waals surface area (Å²) in [5.74, 6) is 1.54. The second-order valence-corrected chi connectivity index (χ2v) is 5.79. The van der Waals surface area contributed by atoms with Crippen LogP contribution in [-0.4, -0.2) is 41.5 Å². The summed E-state index contributed by atoms with van der Waals surface area (Å²) in [6.45, 7) is 0. The zero-order chi connectivity index (χ0) is 18.6. The minimum Gasteiger partial charge on any atom is -0.493 e. The van der Waals surface area contributed by atoms with E-state index in [1.165, 1.54) is 21.3 Å². The number of benzene rings is 2. The van der Waals surface area contributed by atoms with Crippen LogP contribution >= 0.6 is 15.9 Å². The molecule has 0 aromatic heterocycles. The molecule has 2 rings (SSSR count). The summed E-state index contributed by atoms with van der Waals surface area (Å²) in [6, 6.07) is 6.85. The van der Waals surface area contributed by atoms with Gasteiger partial charge < -0.3 is 23.7 Å². The van der Waals surface area contributed by atoms with Crippen molar-refractivity contribution in [2.75, 3.05) is 35.5 Å². The van der Waals surface area contributed by atoms with Gasteiger partial charge in [0.05, 0.1) is 41.1 Å². The maximum Gasteiger partial charge on any atom is 0.338 e. The molecule has 7 heteroatoms. The Morgan fingerprint density at radius 3 is 1.64 bits per heavy atom. The van der Waals surface area contributed by atoms with Crippen LogP contribution in [0.5, 0.6) is 23.0 Å². The van der Waals surface area contributed by atoms with E-state index in [0.29, 0.717) is 34.1 Å². The van der Waals surface area contributed by atoms with Crippen LogP contribution in [0.15, 0.2) is 28.7 Å². The van der Waals surface area contributed by atoms with Crippen LogP contribution in [0.4, 0.5) is 0 Å². The van der Waals surface area contributed by atoms with Gasteiger partial charge in [-0.15, -0.1) is 0 Å². The highest BCUT2D eigenvalue weighted by Crippen LogP contribution is 2.43. The Morgan fingerprint density at radius 1 is 0.720 bits per heavy atom. The van der Waals surface area contributed by atoms with E-state index in [0.717, 1.165) is 10.0 Å². The van der Waals surface area contributed by atoms with Crippen molar-refractivity contribution < 1.29 is 28.5 Å². The largest absolute Gasteiger partial charge is 0.493 e. The van der Waals surface area contributed by atoms with Gasteiger partial charge in [-0.25, -0.2) is 4.79 Å². The highest BCUT2D eigenvalue weighted by Gasteiger charge is 2.21. The fraction of sp³-hybridized carbons (Fsp3) is 0.278. The molecule has 134 valence electrons. The van der Waals surface area contributed by atoms with Gasteiger partial charge in [-0.05, 0) is 24.3 Å². The molecule has 0 saturated heterocycles. The van der Waals surface area contributed by atoms with Gasteiger partial charge in [0, 0.05) is 15.6 Å². The van der Waals surface area contributed by atoms with E-state index in [1.807, 2.05) is 0 Å². The summed E-state index contributed by atoms with van der Waals surface area (Å²) in [5, 5.41) is 0. The Morgan fingerprint density at radius 2 is 1.16 bits per heavy atom. The monoisotopic (exact) mass is 410 g/mol. The predicted octanol–water partition coefficient (Wildman–Crippen LogP) is 3.94. The Balaban J connectivity index is 2.78. The number of esters is 1. The van der Waals surface area contributed by atoms with Crippen LogP contribution in [-0.2, 0) is 4.74 Å². The molecule has 0 aliphatic carbocycles. The molecule has 25 heavy (non-hydrogen) atoms. The summed E-state index contributed by atoms with van der Waals surface area (Å²) in [6.07, 6.45) is 0. The molecule has 0 amide bonds. The molecule has 0 spiro atoms. The van der Waals surface area contributed by atoms with Gasteiger partial charge in [0.1, 0.15) is 0 Å². The number of carbonyl (C=O) groups is 1. The van der Waals surface area contributed by atoms with Crippen molar-refractivity contribution in [2.45, 2.75) is 0 Å². The minimum absolute atomic E-state index is 0.341. The highest BCUT2D eigenvalue weighted by atomic mass is 79.9. The third kappa shape index (κ3) is 3.66. The van der Waals surface area contributed by atoms with Crippen molar-refractivity contribution in [3.8, 4) is 34.1 Å². The quantitative estimate of drug-likeness (QED) is 0.672. The number of halogens is 1. The third-order valence-corrected chi connectivity index (χ3v) is 4.35. The second-order valence-electron chi connectivity index (χ2n) is 4.93. The van der Waals surface area contributed by atoms with Crippen molar-refractivity contribution in [1.29, 1.82) is 0 Å². The van der Waals surface area contributed by atoms with Crippen molar-refractivity contribution in [2.24, 2.45) is 0 Å². The zero-order valence-corrected chi connectivity index (χ0v) is 16.2. The lowest BCUT2D eigenvalue weighted by Crippen LogP contribution is -2.06. The van der Waals surface area contributed by atoms with Crippen LogP contribution in [0.3, 0.4) is 0 Å². The van der Waals surface area contributed by atoms with Crippen LogP contribution in [0, 0.1) is 0 Å². The first-order valence-electron chi connectivity index (χ1n) is 7.26. The Bertz CT molecular complexity index is 788. The first-order valence-corrected chi connectivity index (χ1v) is 8.06. The third-order valence-electron chi connectivity index (χ3n) is 3.69. The molecular weight excluding hydrogens is 392 g/mol. The van der Waals surface area contributed by atoms with Crippen LogP contribution in [0.25, 0.3) is 11.1 Å². The maximum absolute atomic E-state index is 12.3. The van der Waals surface area contributed by atoms with E-state index < -0.39 is 5.97 Å². The fourth-order valence-corrected chi connectivity index (χ4v) is 2.98. The molecule has 0 unspecified atom stereocenters. The first kappa shape index (κ1) is 18.9. The molecule has 2 aromatic rings. The van der Waals surface area contributed by atoms with Gasteiger partial charge in [-0.3, -0.25) is 0 Å². The lowest BCUT2D eigenvalue weighted by Gasteiger charge is -2.17. The molecular formula is C18H19BrO6. The number of hydrogen-bond donors (Lipinski definition) is 0. The lowest BCUT2D eigenvalue weighted by molar-refractivity contribution is 0.0601. The average Bonchev–Trinajstić information content (AvgIpc) is 2.65. The van der Waals surface area contributed by atoms with Gasteiger partial charge in [0.2, 0.25) is 0 Å². The van der Waals surface area contributed by atoms with Gasteiger partial charge in [0.15, 0.2) is 23.0 Å². The molecule has 0 saturated carbocycles. The number of carbonyl (C=O) groups excluding carboxylic acids is 1. The topological polar surface area (TPSA) is 63.2 Å². The van der Waals surface area contributed by atoms with Crippen LogP contribution in [0.1, 0.15) is 10.4 Å². The average molecular weight is 411 g/mol. The van der Waals surface area contributed by atoms with E-state index in [2.05, 4.69) is 15.9 Å². The lowest BCUT2D eigenvalue weighted by atomic mass is 9.98. The normalized spacial score (nSPS) is 10.2. The van der Waals surface area contributed by atoms with Crippen molar-refractivity contribution in [3.05, 3.63) is 34.3 Å². The summed E-state index contributed by atoms with van der Waals surface area (Å²) in [7, 11) is 7.46. The summed E-state index contributed by atoms with van der Waals surface area (Å²) < 4.78 is 26.9. The summed E-state index contributed by atoms with van der Waals surface area (Å²) in [5.41, 5.74) is 1.67. The van der Waals surface area contributed by atoms with Crippen molar-refractivity contribution in [3.63, 3.8) is 0 Å². The number of rotatable bonds is 6. The molecule has 0 radical (unpaired) electrons. The number of methoxy groups -OCH3 is 5. The highest BCUT2D eigenvalue weighted by molar-refractivity contribution is 9.10. The van der Waals surface area contributed by atoms with Gasteiger partial charge in [0.25, 0.3) is 0 Å². The number of ether oxygens (including phenoxy) is 5. The van der Waals surface area contributed by atoms with Crippen LogP contribution < -0.4 is 18.9 Å². The predicted molar refractivity (Wildman–Crippen MR) is 97.1 cm³/mol. The first-order chi connectivity index (χ1) is 12.0. The molecule has 0 atom stereocenters. The summed E-state index contributed by atoms with van der Waals surface area (Å²) >= 11 is 3.52. The van der Waals surface area contributed by atoms with Gasteiger partial charge in [-0.2, -0.15) is 0 Å². The Kier molecular flexibility index (Phi) is 6.14. The van der Waals surface area contributed by atoms with E-state index in [-0.39, 0.29) is 0 Å². The Hall–Kier alpha value is -2.41. The van der Waals surface area contributed by atoms with E-state index in [1.54, 1.807) is 38.5 Å². The SMILES string of the molecule is COC(=O)c1cc(OC)c(OC)cc1-c1cc(OC)c(OC)cc1Br. The van der Waals surface area contributed by atoms with E-state index in [9.17, 15) is 4.79 Å². The molecule has 0 bridgehead atoms. The molecule has 0 aliphatic rings. The molecule has 6 nitrogen and oxygen atoms in total. The molecule has 0 fully saturated rings. The molecule has 0 N–H and O–H groups in total. The molecule has 0 heterocycles. The maximum atomic E-state index is 12.3. The minimum atomic E-state index is -0.488. The number of hydrogen-bond acceptors (Lipinski definition) is 6. The second kappa shape index (κ2) is 8.11. The van der Waals surface area contributed by atoms with E-state index >= 15 is 0 Å². The molecule has 0 aliphatic heterocycles. The van der Waals surface area contributed by atoms with Gasteiger partial charge >= 0.3 is 5.97 Å². The fourth-order valence-electron chi connectivity index (χ4n) is 2.44. The zero-order valence-electron chi connectivity index (χ0n) is 14.6. The van der Waals surface area contributed by atoms with Crippen molar-refractivity contribution in [1.82, 2.24) is 0 Å². The van der Waals surface area contributed by atoms with Gasteiger partial charge in [-0.1, -0.05) is 15.9 Å².